The zero-order valence-electron chi connectivity index (χ0n) is 17.9. The summed E-state index contributed by atoms with van der Waals surface area (Å²) in [4.78, 5) is 0. The molecule has 5 heteroatoms. The molecule has 4 aliphatic heterocycles. The Morgan fingerprint density at radius 1 is 0.741 bits per heavy atom. The van der Waals surface area contributed by atoms with Gasteiger partial charge in [-0.25, -0.2) is 0 Å². The SMILES string of the molecule is CC1(C)CC[C@@H]2O[C@@H]([C@@]3(C)O[C@@]4(C)CCC(C)(C)O[C@@H]4C[C@@H]3O)CC[C@H]2O1. The van der Waals surface area contributed by atoms with E-state index in [2.05, 4.69) is 34.6 Å². The van der Waals surface area contributed by atoms with Crippen molar-refractivity contribution in [2.75, 3.05) is 0 Å². The number of hydrogen-bond acceptors (Lipinski definition) is 5. The zero-order valence-corrected chi connectivity index (χ0v) is 17.9. The van der Waals surface area contributed by atoms with Crippen LogP contribution >= 0.6 is 0 Å². The first kappa shape index (κ1) is 20.1. The fourth-order valence-corrected chi connectivity index (χ4v) is 5.62. The Morgan fingerprint density at radius 3 is 2.19 bits per heavy atom. The molecule has 4 rings (SSSR count). The van der Waals surface area contributed by atoms with Crippen LogP contribution in [0, 0.1) is 0 Å². The molecule has 4 fully saturated rings. The average molecular weight is 383 g/mol. The lowest BCUT2D eigenvalue weighted by molar-refractivity contribution is -0.344. The van der Waals surface area contributed by atoms with Crippen LogP contribution in [0.5, 0.6) is 0 Å². The van der Waals surface area contributed by atoms with Crippen molar-refractivity contribution in [1.29, 1.82) is 0 Å². The second kappa shape index (κ2) is 6.40. The first-order chi connectivity index (χ1) is 12.4. The number of rotatable bonds is 1. The zero-order chi connectivity index (χ0) is 19.7. The molecule has 0 bridgehead atoms. The van der Waals surface area contributed by atoms with Crippen LogP contribution in [0.2, 0.25) is 0 Å². The van der Waals surface area contributed by atoms with Crippen LogP contribution in [0.3, 0.4) is 0 Å². The van der Waals surface area contributed by atoms with Gasteiger partial charge in [0, 0.05) is 6.42 Å². The van der Waals surface area contributed by atoms with Gasteiger partial charge in [0.1, 0.15) is 5.60 Å². The van der Waals surface area contributed by atoms with E-state index in [-0.39, 0.29) is 41.2 Å². The highest BCUT2D eigenvalue weighted by Gasteiger charge is 2.59. The van der Waals surface area contributed by atoms with E-state index in [9.17, 15) is 5.11 Å². The maximum Gasteiger partial charge on any atom is 0.118 e. The molecule has 4 aliphatic rings. The molecule has 27 heavy (non-hydrogen) atoms. The second-order valence-electron chi connectivity index (χ2n) is 10.9. The number of fused-ring (bicyclic) bond motifs is 2. The van der Waals surface area contributed by atoms with Crippen molar-refractivity contribution in [1.82, 2.24) is 0 Å². The van der Waals surface area contributed by atoms with Crippen LogP contribution in [-0.4, -0.2) is 58.0 Å². The number of aliphatic hydroxyl groups excluding tert-OH is 1. The third-order valence-corrected chi connectivity index (χ3v) is 7.53. The van der Waals surface area contributed by atoms with E-state index < -0.39 is 11.7 Å². The monoisotopic (exact) mass is 382 g/mol. The van der Waals surface area contributed by atoms with Gasteiger partial charge < -0.3 is 24.1 Å². The molecule has 5 nitrogen and oxygen atoms in total. The van der Waals surface area contributed by atoms with E-state index in [0.717, 1.165) is 38.5 Å². The Kier molecular flexibility index (Phi) is 4.76. The van der Waals surface area contributed by atoms with Crippen LogP contribution in [0.25, 0.3) is 0 Å². The van der Waals surface area contributed by atoms with Gasteiger partial charge >= 0.3 is 0 Å². The molecule has 4 heterocycles. The van der Waals surface area contributed by atoms with Gasteiger partial charge in [0.2, 0.25) is 0 Å². The summed E-state index contributed by atoms with van der Waals surface area (Å²) in [5.74, 6) is 0. The summed E-state index contributed by atoms with van der Waals surface area (Å²) in [6, 6.07) is 0. The summed E-state index contributed by atoms with van der Waals surface area (Å²) in [6.45, 7) is 12.8. The molecule has 0 aromatic rings. The number of hydrogen-bond donors (Lipinski definition) is 1. The van der Waals surface area contributed by atoms with Crippen molar-refractivity contribution in [3.8, 4) is 0 Å². The van der Waals surface area contributed by atoms with Crippen LogP contribution in [0.1, 0.15) is 86.5 Å². The normalized spacial score (nSPS) is 51.9. The van der Waals surface area contributed by atoms with Crippen molar-refractivity contribution in [3.63, 3.8) is 0 Å². The molecule has 0 radical (unpaired) electrons. The average Bonchev–Trinajstić information content (AvgIpc) is 2.56. The van der Waals surface area contributed by atoms with Crippen molar-refractivity contribution >= 4 is 0 Å². The first-order valence-electron chi connectivity index (χ1n) is 10.8. The standard InChI is InChI=1S/C22H38O5/c1-19(2)10-9-14-15(25-19)7-8-17(24-14)22(6)16(23)13-18-21(5,27-22)12-11-20(3,4)26-18/h14-18,23H,7-13H2,1-6H3/t14-,15+,16-,17+,18+,21-,22-/m0/s1. The van der Waals surface area contributed by atoms with E-state index in [4.69, 9.17) is 18.9 Å². The Bertz CT molecular complexity index is 575. The molecule has 0 unspecified atom stereocenters. The minimum Gasteiger partial charge on any atom is -0.390 e. The Hall–Kier alpha value is -0.200. The molecule has 0 aliphatic carbocycles. The molecule has 0 aromatic carbocycles. The molecule has 156 valence electrons. The summed E-state index contributed by atoms with van der Waals surface area (Å²) in [7, 11) is 0. The molecule has 7 atom stereocenters. The fourth-order valence-electron chi connectivity index (χ4n) is 5.62. The van der Waals surface area contributed by atoms with Crippen molar-refractivity contribution < 1.29 is 24.1 Å². The third-order valence-electron chi connectivity index (χ3n) is 7.53. The van der Waals surface area contributed by atoms with Gasteiger partial charge in [0.05, 0.1) is 47.3 Å². The Balaban J connectivity index is 1.49. The van der Waals surface area contributed by atoms with Crippen LogP contribution in [-0.2, 0) is 18.9 Å². The summed E-state index contributed by atoms with van der Waals surface area (Å²) in [6.07, 6.45) is 5.86. The van der Waals surface area contributed by atoms with E-state index >= 15 is 0 Å². The lowest BCUT2D eigenvalue weighted by atomic mass is 9.73. The predicted octanol–water partition coefficient (Wildman–Crippen LogP) is 3.75. The highest BCUT2D eigenvalue weighted by Crippen LogP contribution is 2.49. The topological polar surface area (TPSA) is 57.2 Å². The number of ether oxygens (including phenoxy) is 4. The van der Waals surface area contributed by atoms with Crippen molar-refractivity contribution in [3.05, 3.63) is 0 Å². The third kappa shape index (κ3) is 3.59. The Morgan fingerprint density at radius 2 is 1.44 bits per heavy atom. The van der Waals surface area contributed by atoms with Crippen LogP contribution < -0.4 is 0 Å². The maximum absolute atomic E-state index is 11.1. The maximum atomic E-state index is 11.1. The fraction of sp³-hybridized carbons (Fsp3) is 1.00. The summed E-state index contributed by atoms with van der Waals surface area (Å²) in [5, 5.41) is 11.1. The van der Waals surface area contributed by atoms with E-state index in [1.807, 2.05) is 6.92 Å². The lowest BCUT2D eigenvalue weighted by Gasteiger charge is -2.59. The lowest BCUT2D eigenvalue weighted by Crippen LogP contribution is -2.69. The first-order valence-corrected chi connectivity index (χ1v) is 10.8. The minimum atomic E-state index is -0.700. The van der Waals surface area contributed by atoms with Crippen molar-refractivity contribution in [2.24, 2.45) is 0 Å². The van der Waals surface area contributed by atoms with E-state index in [1.165, 1.54) is 0 Å². The highest BCUT2D eigenvalue weighted by atomic mass is 16.6. The summed E-state index contributed by atoms with van der Waals surface area (Å²) in [5.41, 5.74) is -1.28. The minimum absolute atomic E-state index is 0.0605. The van der Waals surface area contributed by atoms with Gasteiger partial charge in [0.15, 0.2) is 0 Å². The molecule has 1 N–H and O–H groups in total. The molecule has 4 saturated heterocycles. The van der Waals surface area contributed by atoms with Gasteiger partial charge in [-0.2, -0.15) is 0 Å². The van der Waals surface area contributed by atoms with E-state index in [0.29, 0.717) is 6.42 Å². The summed E-state index contributed by atoms with van der Waals surface area (Å²) < 4.78 is 25.7. The largest absolute Gasteiger partial charge is 0.390 e. The smallest absolute Gasteiger partial charge is 0.118 e. The molecule has 0 amide bonds. The summed E-state index contributed by atoms with van der Waals surface area (Å²) >= 11 is 0. The molecule has 0 saturated carbocycles. The van der Waals surface area contributed by atoms with Crippen LogP contribution in [0.4, 0.5) is 0 Å². The molecule has 0 spiro atoms. The van der Waals surface area contributed by atoms with Gasteiger partial charge in [-0.05, 0) is 80.1 Å². The molecular formula is C22H38O5. The number of aliphatic hydroxyl groups is 1. The quantitative estimate of drug-likeness (QED) is 0.748. The van der Waals surface area contributed by atoms with Gasteiger partial charge in [-0.3, -0.25) is 0 Å². The Labute approximate surface area is 164 Å². The van der Waals surface area contributed by atoms with E-state index in [1.54, 1.807) is 0 Å². The molecular weight excluding hydrogens is 344 g/mol. The van der Waals surface area contributed by atoms with Gasteiger partial charge in [0.25, 0.3) is 0 Å². The highest BCUT2D eigenvalue weighted by molar-refractivity contribution is 5.08. The van der Waals surface area contributed by atoms with Gasteiger partial charge in [-0.1, -0.05) is 0 Å². The molecule has 0 aromatic heterocycles. The van der Waals surface area contributed by atoms with Gasteiger partial charge in [-0.15, -0.1) is 0 Å². The second-order valence-corrected chi connectivity index (χ2v) is 10.9. The van der Waals surface area contributed by atoms with Crippen molar-refractivity contribution in [2.45, 2.75) is 139 Å². The van der Waals surface area contributed by atoms with Crippen LogP contribution in [0.15, 0.2) is 0 Å². The predicted molar refractivity (Wildman–Crippen MR) is 103 cm³/mol.